The average molecular weight is 370 g/mol. The molecule has 0 aliphatic heterocycles. The van der Waals surface area contributed by atoms with Gasteiger partial charge in [0.25, 0.3) is 0 Å². The summed E-state index contributed by atoms with van der Waals surface area (Å²) in [6.45, 7) is 3.47. The standard InChI is InChI=1S/C24H18O4/c1-14-10-12-16(13-11-14)22(25)15(2)28-24(27)20-9-5-8-18-17-6-3-4-7-19(17)23(26)21(18)20/h3-13,15H,1-2H3. The molecule has 0 saturated heterocycles. The minimum absolute atomic E-state index is 0.183. The number of Topliss-reactive ketones (excluding diaryl/α,β-unsaturated/α-hetero) is 1. The van der Waals surface area contributed by atoms with E-state index < -0.39 is 12.1 Å². The van der Waals surface area contributed by atoms with E-state index in [9.17, 15) is 14.4 Å². The molecule has 0 radical (unpaired) electrons. The molecule has 0 bridgehead atoms. The lowest BCUT2D eigenvalue weighted by molar-refractivity contribution is 0.0317. The van der Waals surface area contributed by atoms with Gasteiger partial charge in [0, 0.05) is 16.7 Å². The van der Waals surface area contributed by atoms with Gasteiger partial charge in [0.15, 0.2) is 11.9 Å². The van der Waals surface area contributed by atoms with Crippen LogP contribution in [0.2, 0.25) is 0 Å². The molecule has 3 aromatic carbocycles. The summed E-state index contributed by atoms with van der Waals surface area (Å²) in [6, 6.07) is 19.4. The highest BCUT2D eigenvalue weighted by Crippen LogP contribution is 2.38. The number of hydrogen-bond donors (Lipinski definition) is 0. The lowest BCUT2D eigenvalue weighted by atomic mass is 10.0. The smallest absolute Gasteiger partial charge is 0.339 e. The highest BCUT2D eigenvalue weighted by molar-refractivity contribution is 6.25. The monoisotopic (exact) mass is 370 g/mol. The molecule has 0 fully saturated rings. The van der Waals surface area contributed by atoms with Crippen molar-refractivity contribution in [1.29, 1.82) is 0 Å². The van der Waals surface area contributed by atoms with E-state index in [0.29, 0.717) is 22.3 Å². The third-order valence-electron chi connectivity index (χ3n) is 4.96. The average Bonchev–Trinajstić information content (AvgIpc) is 3.01. The summed E-state index contributed by atoms with van der Waals surface area (Å²) >= 11 is 0. The van der Waals surface area contributed by atoms with Gasteiger partial charge in [-0.05, 0) is 31.0 Å². The highest BCUT2D eigenvalue weighted by Gasteiger charge is 2.32. The van der Waals surface area contributed by atoms with Crippen LogP contribution < -0.4 is 0 Å². The molecule has 1 aliphatic rings. The molecule has 1 unspecified atom stereocenters. The molecule has 138 valence electrons. The molecular weight excluding hydrogens is 352 g/mol. The Bertz CT molecular complexity index is 1110. The Labute approximate surface area is 162 Å². The zero-order valence-corrected chi connectivity index (χ0v) is 15.6. The van der Waals surface area contributed by atoms with Crippen molar-refractivity contribution in [1.82, 2.24) is 0 Å². The van der Waals surface area contributed by atoms with Crippen molar-refractivity contribution in [3.63, 3.8) is 0 Å². The summed E-state index contributed by atoms with van der Waals surface area (Å²) < 4.78 is 5.41. The number of rotatable bonds is 4. The van der Waals surface area contributed by atoms with E-state index in [-0.39, 0.29) is 17.1 Å². The van der Waals surface area contributed by atoms with Crippen molar-refractivity contribution >= 4 is 17.5 Å². The summed E-state index contributed by atoms with van der Waals surface area (Å²) in [5, 5.41) is 0. The molecule has 1 aliphatic carbocycles. The van der Waals surface area contributed by atoms with E-state index in [4.69, 9.17) is 4.74 Å². The fourth-order valence-corrected chi connectivity index (χ4v) is 3.47. The van der Waals surface area contributed by atoms with Gasteiger partial charge in [0.1, 0.15) is 0 Å². The van der Waals surface area contributed by atoms with Crippen molar-refractivity contribution in [2.24, 2.45) is 0 Å². The highest BCUT2D eigenvalue weighted by atomic mass is 16.5. The Kier molecular flexibility index (Phi) is 4.40. The maximum Gasteiger partial charge on any atom is 0.339 e. The fraction of sp³-hybridized carbons (Fsp3) is 0.125. The first-order chi connectivity index (χ1) is 13.5. The molecule has 0 spiro atoms. The summed E-state index contributed by atoms with van der Waals surface area (Å²) in [5.41, 5.74) is 4.13. The molecule has 1 atom stereocenters. The van der Waals surface area contributed by atoms with Gasteiger partial charge in [-0.3, -0.25) is 9.59 Å². The lowest BCUT2D eigenvalue weighted by Gasteiger charge is -2.14. The topological polar surface area (TPSA) is 60.4 Å². The zero-order chi connectivity index (χ0) is 19.8. The number of carbonyl (C=O) groups excluding carboxylic acids is 3. The van der Waals surface area contributed by atoms with Gasteiger partial charge < -0.3 is 4.74 Å². The van der Waals surface area contributed by atoms with Gasteiger partial charge in [-0.1, -0.05) is 66.2 Å². The molecule has 28 heavy (non-hydrogen) atoms. The van der Waals surface area contributed by atoms with Gasteiger partial charge in [0.05, 0.1) is 5.56 Å². The molecule has 0 amide bonds. The molecule has 3 aromatic rings. The van der Waals surface area contributed by atoms with Gasteiger partial charge in [0.2, 0.25) is 5.78 Å². The molecule has 0 N–H and O–H groups in total. The molecule has 4 heteroatoms. The summed E-state index contributed by atoms with van der Waals surface area (Å²) in [5.74, 6) is -1.16. The Balaban J connectivity index is 1.61. The number of hydrogen-bond acceptors (Lipinski definition) is 4. The van der Waals surface area contributed by atoms with Crippen LogP contribution in [-0.4, -0.2) is 23.6 Å². The summed E-state index contributed by atoms with van der Waals surface area (Å²) in [6.07, 6.45) is -0.954. The summed E-state index contributed by atoms with van der Waals surface area (Å²) in [4.78, 5) is 38.1. The van der Waals surface area contributed by atoms with Crippen molar-refractivity contribution in [3.05, 3.63) is 94.5 Å². The van der Waals surface area contributed by atoms with Crippen LogP contribution >= 0.6 is 0 Å². The van der Waals surface area contributed by atoms with Crippen LogP contribution in [0.4, 0.5) is 0 Å². The van der Waals surface area contributed by atoms with Gasteiger partial charge in [-0.15, -0.1) is 0 Å². The van der Waals surface area contributed by atoms with Crippen LogP contribution in [-0.2, 0) is 4.74 Å². The van der Waals surface area contributed by atoms with E-state index in [0.717, 1.165) is 11.1 Å². The number of esters is 1. The molecule has 0 saturated carbocycles. The third-order valence-corrected chi connectivity index (χ3v) is 4.96. The molecular formula is C24H18O4. The van der Waals surface area contributed by atoms with Crippen molar-refractivity contribution in [2.45, 2.75) is 20.0 Å². The second kappa shape index (κ2) is 6.89. The maximum absolute atomic E-state index is 12.8. The number of ketones is 2. The summed E-state index contributed by atoms with van der Waals surface area (Å²) in [7, 11) is 0. The Hall–Kier alpha value is -3.53. The predicted molar refractivity (Wildman–Crippen MR) is 106 cm³/mol. The Morgan fingerprint density at radius 2 is 1.46 bits per heavy atom. The first kappa shape index (κ1) is 17.9. The first-order valence-electron chi connectivity index (χ1n) is 9.06. The van der Waals surface area contributed by atoms with E-state index in [1.54, 1.807) is 43.3 Å². The van der Waals surface area contributed by atoms with Crippen molar-refractivity contribution in [3.8, 4) is 11.1 Å². The molecule has 4 nitrogen and oxygen atoms in total. The van der Waals surface area contributed by atoms with E-state index in [1.165, 1.54) is 0 Å². The number of ether oxygens (including phenoxy) is 1. The quantitative estimate of drug-likeness (QED) is 0.388. The molecule has 0 aromatic heterocycles. The van der Waals surface area contributed by atoms with Crippen LogP contribution in [0.15, 0.2) is 66.7 Å². The van der Waals surface area contributed by atoms with E-state index in [1.807, 2.05) is 37.3 Å². The Morgan fingerprint density at radius 3 is 2.18 bits per heavy atom. The SMILES string of the molecule is Cc1ccc(C(=O)C(C)OC(=O)c2cccc3c2C(=O)c2ccccc2-3)cc1. The van der Waals surface area contributed by atoms with E-state index in [2.05, 4.69) is 0 Å². The number of carbonyl (C=O) groups is 3. The first-order valence-corrected chi connectivity index (χ1v) is 9.06. The molecule has 0 heterocycles. The second-order valence-electron chi connectivity index (χ2n) is 6.88. The maximum atomic E-state index is 12.8. The minimum Gasteiger partial charge on any atom is -0.451 e. The van der Waals surface area contributed by atoms with Gasteiger partial charge in [-0.25, -0.2) is 4.79 Å². The van der Waals surface area contributed by atoms with E-state index >= 15 is 0 Å². The zero-order valence-electron chi connectivity index (χ0n) is 15.6. The van der Waals surface area contributed by atoms with Crippen LogP contribution in [0.3, 0.4) is 0 Å². The van der Waals surface area contributed by atoms with Crippen molar-refractivity contribution in [2.75, 3.05) is 0 Å². The van der Waals surface area contributed by atoms with Crippen LogP contribution in [0, 0.1) is 6.92 Å². The largest absolute Gasteiger partial charge is 0.451 e. The fourth-order valence-electron chi connectivity index (χ4n) is 3.47. The lowest BCUT2D eigenvalue weighted by Crippen LogP contribution is -2.25. The number of fused-ring (bicyclic) bond motifs is 3. The second-order valence-corrected chi connectivity index (χ2v) is 6.88. The predicted octanol–water partition coefficient (Wildman–Crippen LogP) is 4.63. The number of aryl methyl sites for hydroxylation is 1. The van der Waals surface area contributed by atoms with Gasteiger partial charge >= 0.3 is 5.97 Å². The third kappa shape index (κ3) is 2.93. The normalized spacial score (nSPS) is 12.9. The molecule has 4 rings (SSSR count). The number of benzene rings is 3. The van der Waals surface area contributed by atoms with Crippen LogP contribution in [0.25, 0.3) is 11.1 Å². The Morgan fingerprint density at radius 1 is 0.821 bits per heavy atom. The van der Waals surface area contributed by atoms with Gasteiger partial charge in [-0.2, -0.15) is 0 Å². The van der Waals surface area contributed by atoms with Crippen LogP contribution in [0.5, 0.6) is 0 Å². The van der Waals surface area contributed by atoms with Crippen LogP contribution in [0.1, 0.15) is 49.1 Å². The minimum atomic E-state index is -0.954. The van der Waals surface area contributed by atoms with Crippen molar-refractivity contribution < 1.29 is 19.1 Å².